The molecule has 0 radical (unpaired) electrons. The van der Waals surface area contributed by atoms with Crippen LogP contribution in [0.5, 0.6) is 0 Å². The second kappa shape index (κ2) is 7.99. The van der Waals surface area contributed by atoms with Crippen LogP contribution in [0.1, 0.15) is 42.3 Å². The molecular weight excluding hydrogens is 429 g/mol. The zero-order valence-electron chi connectivity index (χ0n) is 14.5. The van der Waals surface area contributed by atoms with Gasteiger partial charge in [0.15, 0.2) is 0 Å². The number of carboxylic acids is 1. The van der Waals surface area contributed by atoms with E-state index < -0.39 is 12.0 Å². The summed E-state index contributed by atoms with van der Waals surface area (Å²) in [5, 5.41) is 12.0. The number of carboxylic acid groups (broad SMARTS) is 1. The number of benzene rings is 2. The van der Waals surface area contributed by atoms with Gasteiger partial charge >= 0.3 is 5.97 Å². The molecule has 0 saturated carbocycles. The first kappa shape index (κ1) is 19.4. The molecule has 4 nitrogen and oxygen atoms in total. The molecule has 0 fully saturated rings. The number of rotatable bonds is 5. The van der Waals surface area contributed by atoms with E-state index in [4.69, 9.17) is 0 Å². The zero-order chi connectivity index (χ0) is 18.6. The molecule has 25 heavy (non-hydrogen) atoms. The number of carbonyl (C=O) groups is 2. The Balaban J connectivity index is 2.09. The lowest BCUT2D eigenvalue weighted by Gasteiger charge is -2.19. The van der Waals surface area contributed by atoms with E-state index in [1.165, 1.54) is 0 Å². The number of nitrogens with one attached hydrogen (secondary N) is 1. The van der Waals surface area contributed by atoms with Gasteiger partial charge in [0.05, 0.1) is 0 Å². The molecule has 0 heterocycles. The maximum Gasteiger partial charge on any atom is 0.326 e. The van der Waals surface area contributed by atoms with Crippen molar-refractivity contribution in [1.29, 1.82) is 0 Å². The van der Waals surface area contributed by atoms with E-state index in [1.54, 1.807) is 12.1 Å². The van der Waals surface area contributed by atoms with Crippen LogP contribution in [0.2, 0.25) is 0 Å². The quantitative estimate of drug-likeness (QED) is 0.676. The fraction of sp³-hybridized carbons (Fsp3) is 0.300. The van der Waals surface area contributed by atoms with Crippen LogP contribution < -0.4 is 5.32 Å². The molecule has 0 aliphatic carbocycles. The fourth-order valence-corrected chi connectivity index (χ4v) is 2.78. The molecule has 132 valence electrons. The van der Waals surface area contributed by atoms with Crippen molar-refractivity contribution in [2.45, 2.75) is 38.6 Å². The van der Waals surface area contributed by atoms with Crippen LogP contribution in [0.3, 0.4) is 0 Å². The molecule has 2 aromatic carbocycles. The Morgan fingerprint density at radius 3 is 2.08 bits per heavy atom. The minimum absolute atomic E-state index is 0.00340. The van der Waals surface area contributed by atoms with Gasteiger partial charge < -0.3 is 10.4 Å². The van der Waals surface area contributed by atoms with Crippen LogP contribution in [-0.4, -0.2) is 23.0 Å². The first-order valence-electron chi connectivity index (χ1n) is 8.05. The number of aliphatic carboxylic acids is 1. The maximum absolute atomic E-state index is 12.4. The molecule has 2 rings (SSSR count). The highest BCUT2D eigenvalue weighted by Crippen LogP contribution is 2.22. The number of amides is 1. The summed E-state index contributed by atoms with van der Waals surface area (Å²) in [5.74, 6) is -1.42. The van der Waals surface area contributed by atoms with Crippen LogP contribution in [-0.2, 0) is 16.6 Å². The third-order valence-electron chi connectivity index (χ3n) is 3.97. The Kier molecular flexibility index (Phi) is 6.21. The molecule has 1 amide bonds. The van der Waals surface area contributed by atoms with Crippen molar-refractivity contribution >= 4 is 34.5 Å². The van der Waals surface area contributed by atoms with Gasteiger partial charge in [0, 0.05) is 15.6 Å². The van der Waals surface area contributed by atoms with Crippen LogP contribution in [0, 0.1) is 3.57 Å². The molecule has 0 bridgehead atoms. The molecule has 0 aliphatic heterocycles. The van der Waals surface area contributed by atoms with E-state index in [-0.39, 0.29) is 17.7 Å². The standard InChI is InChI=1S/C20H22INO3/c1-20(2,3)15-8-6-14(7-9-15)18(23)22-17(19(24)25)12-13-4-10-16(21)11-5-13/h4-11,17H,12H2,1-3H3,(H,22,23)(H,24,25)/t17-/m0/s1. The molecule has 1 atom stereocenters. The van der Waals surface area contributed by atoms with Gasteiger partial charge in [-0.1, -0.05) is 45.0 Å². The largest absolute Gasteiger partial charge is 0.480 e. The van der Waals surface area contributed by atoms with Gasteiger partial charge in [0.25, 0.3) is 5.91 Å². The number of hydrogen-bond donors (Lipinski definition) is 2. The summed E-state index contributed by atoms with van der Waals surface area (Å²) >= 11 is 2.19. The van der Waals surface area contributed by atoms with Gasteiger partial charge in [-0.25, -0.2) is 4.79 Å². The average molecular weight is 451 g/mol. The number of carbonyl (C=O) groups excluding carboxylic acids is 1. The summed E-state index contributed by atoms with van der Waals surface area (Å²) < 4.78 is 1.08. The zero-order valence-corrected chi connectivity index (χ0v) is 16.7. The minimum Gasteiger partial charge on any atom is -0.480 e. The summed E-state index contributed by atoms with van der Waals surface area (Å²) in [6, 6.07) is 13.9. The lowest BCUT2D eigenvalue weighted by Crippen LogP contribution is -2.42. The molecule has 0 saturated heterocycles. The minimum atomic E-state index is -1.04. The van der Waals surface area contributed by atoms with Crippen molar-refractivity contribution in [3.8, 4) is 0 Å². The maximum atomic E-state index is 12.4. The van der Waals surface area contributed by atoms with E-state index in [0.29, 0.717) is 5.56 Å². The summed E-state index contributed by atoms with van der Waals surface area (Å²) in [4.78, 5) is 23.9. The van der Waals surface area contributed by atoms with Crippen molar-refractivity contribution in [3.63, 3.8) is 0 Å². The van der Waals surface area contributed by atoms with E-state index in [9.17, 15) is 14.7 Å². The number of hydrogen-bond acceptors (Lipinski definition) is 2. The van der Waals surface area contributed by atoms with E-state index in [2.05, 4.69) is 48.7 Å². The van der Waals surface area contributed by atoms with Crippen molar-refractivity contribution in [1.82, 2.24) is 5.32 Å². The highest BCUT2D eigenvalue weighted by atomic mass is 127. The predicted octanol–water partition coefficient (Wildman–Crippen LogP) is 4.01. The van der Waals surface area contributed by atoms with Gasteiger partial charge in [-0.2, -0.15) is 0 Å². The molecule has 0 aliphatic rings. The van der Waals surface area contributed by atoms with Crippen molar-refractivity contribution in [2.75, 3.05) is 0 Å². The normalized spacial score (nSPS) is 12.5. The van der Waals surface area contributed by atoms with Gasteiger partial charge in [-0.15, -0.1) is 0 Å². The summed E-state index contributed by atoms with van der Waals surface area (Å²) in [7, 11) is 0. The first-order chi connectivity index (χ1) is 11.7. The lowest BCUT2D eigenvalue weighted by atomic mass is 9.86. The second-order valence-corrected chi connectivity index (χ2v) is 8.27. The summed E-state index contributed by atoms with van der Waals surface area (Å²) in [5.41, 5.74) is 2.46. The van der Waals surface area contributed by atoms with Crippen LogP contribution in [0.15, 0.2) is 48.5 Å². The fourth-order valence-electron chi connectivity index (χ4n) is 2.42. The Labute approximate surface area is 161 Å². The Morgan fingerprint density at radius 2 is 1.60 bits per heavy atom. The van der Waals surface area contributed by atoms with Gasteiger partial charge in [-0.3, -0.25) is 4.79 Å². The van der Waals surface area contributed by atoms with Crippen LogP contribution >= 0.6 is 22.6 Å². The Morgan fingerprint density at radius 1 is 1.04 bits per heavy atom. The second-order valence-electron chi connectivity index (χ2n) is 7.02. The van der Waals surface area contributed by atoms with E-state index in [1.807, 2.05) is 36.4 Å². The summed E-state index contributed by atoms with van der Waals surface area (Å²) in [6.07, 6.45) is 0.248. The lowest BCUT2D eigenvalue weighted by molar-refractivity contribution is -0.139. The molecule has 0 spiro atoms. The molecule has 2 aromatic rings. The Bertz CT molecular complexity index is 746. The van der Waals surface area contributed by atoms with Crippen LogP contribution in [0.4, 0.5) is 0 Å². The third-order valence-corrected chi connectivity index (χ3v) is 4.69. The van der Waals surface area contributed by atoms with Gasteiger partial charge in [0.1, 0.15) is 6.04 Å². The topological polar surface area (TPSA) is 66.4 Å². The van der Waals surface area contributed by atoms with Crippen molar-refractivity contribution in [3.05, 3.63) is 68.8 Å². The van der Waals surface area contributed by atoms with Gasteiger partial charge in [0.2, 0.25) is 0 Å². The molecule has 0 aromatic heterocycles. The van der Waals surface area contributed by atoms with E-state index in [0.717, 1.165) is 14.7 Å². The average Bonchev–Trinajstić information content (AvgIpc) is 2.55. The Hall–Kier alpha value is -1.89. The SMILES string of the molecule is CC(C)(C)c1ccc(C(=O)N[C@@H](Cc2ccc(I)cc2)C(=O)O)cc1. The monoisotopic (exact) mass is 451 g/mol. The highest BCUT2D eigenvalue weighted by Gasteiger charge is 2.21. The van der Waals surface area contributed by atoms with Crippen molar-refractivity contribution < 1.29 is 14.7 Å². The predicted molar refractivity (Wildman–Crippen MR) is 107 cm³/mol. The smallest absolute Gasteiger partial charge is 0.326 e. The molecule has 5 heteroatoms. The third kappa shape index (κ3) is 5.56. The van der Waals surface area contributed by atoms with Crippen molar-refractivity contribution in [2.24, 2.45) is 0 Å². The molecule has 2 N–H and O–H groups in total. The van der Waals surface area contributed by atoms with E-state index >= 15 is 0 Å². The number of halogens is 1. The highest BCUT2D eigenvalue weighted by molar-refractivity contribution is 14.1. The molecular formula is C20H22INO3. The van der Waals surface area contributed by atoms with Gasteiger partial charge in [-0.05, 0) is 63.4 Å². The summed E-state index contributed by atoms with van der Waals surface area (Å²) in [6.45, 7) is 6.30. The molecule has 0 unspecified atom stereocenters. The van der Waals surface area contributed by atoms with Crippen LogP contribution in [0.25, 0.3) is 0 Å². The first-order valence-corrected chi connectivity index (χ1v) is 9.13.